The van der Waals surface area contributed by atoms with Gasteiger partial charge in [0.15, 0.2) is 5.76 Å². The first-order valence-corrected chi connectivity index (χ1v) is 8.28. The maximum absolute atomic E-state index is 13.4. The van der Waals surface area contributed by atoms with Crippen molar-refractivity contribution in [1.82, 2.24) is 5.32 Å². The van der Waals surface area contributed by atoms with Gasteiger partial charge in [-0.05, 0) is 30.7 Å². The number of carbonyl (C=O) groups is 1. The number of aryl methyl sites for hydroxylation is 1. The Kier molecular flexibility index (Phi) is 4.86. The van der Waals surface area contributed by atoms with E-state index < -0.39 is 0 Å². The van der Waals surface area contributed by atoms with Gasteiger partial charge in [0.05, 0.1) is 14.1 Å². The van der Waals surface area contributed by atoms with Gasteiger partial charge in [-0.2, -0.15) is 0 Å². The van der Waals surface area contributed by atoms with Crippen molar-refractivity contribution in [2.24, 2.45) is 0 Å². The van der Waals surface area contributed by atoms with Gasteiger partial charge >= 0.3 is 0 Å². The van der Waals surface area contributed by atoms with E-state index in [1.54, 1.807) is 13.0 Å². The minimum absolute atomic E-state index is 0.233. The fourth-order valence-electron chi connectivity index (χ4n) is 2.95. The van der Waals surface area contributed by atoms with Crippen LogP contribution in [0.4, 0.5) is 4.39 Å². The molecule has 1 aromatic heterocycles. The van der Waals surface area contributed by atoms with E-state index in [4.69, 9.17) is 4.42 Å². The number of hydrogen-bond acceptors (Lipinski definition) is 2. The number of fused-ring (bicyclic) bond motifs is 1. The molecule has 0 spiro atoms. The molecule has 0 bridgehead atoms. The van der Waals surface area contributed by atoms with Crippen LogP contribution in [0.15, 0.2) is 46.9 Å². The number of amides is 1. The molecular formula is C20H22FN2O2+. The summed E-state index contributed by atoms with van der Waals surface area (Å²) in [6.45, 7) is 3.08. The first-order valence-electron chi connectivity index (χ1n) is 8.28. The fourth-order valence-corrected chi connectivity index (χ4v) is 2.95. The van der Waals surface area contributed by atoms with Crippen LogP contribution >= 0.6 is 0 Å². The quantitative estimate of drug-likeness (QED) is 0.749. The van der Waals surface area contributed by atoms with E-state index in [1.165, 1.54) is 22.6 Å². The summed E-state index contributed by atoms with van der Waals surface area (Å²) in [5.41, 5.74) is 3.45. The molecule has 2 aromatic carbocycles. The Labute approximate surface area is 146 Å². The maximum atomic E-state index is 13.4. The lowest BCUT2D eigenvalue weighted by Crippen LogP contribution is -3.04. The number of nitrogens with one attached hydrogen (secondary N) is 2. The van der Waals surface area contributed by atoms with E-state index >= 15 is 0 Å². The molecular weight excluding hydrogens is 319 g/mol. The minimum Gasteiger partial charge on any atom is -0.451 e. The Hall–Kier alpha value is -2.66. The molecule has 25 heavy (non-hydrogen) atoms. The number of halogens is 1. The largest absolute Gasteiger partial charge is 0.451 e. The molecule has 130 valence electrons. The number of rotatable bonds is 5. The van der Waals surface area contributed by atoms with Crippen molar-refractivity contribution < 1.29 is 18.5 Å². The van der Waals surface area contributed by atoms with Crippen LogP contribution in [0.3, 0.4) is 0 Å². The first kappa shape index (κ1) is 17.2. The summed E-state index contributed by atoms with van der Waals surface area (Å²) < 4.78 is 19.0. The highest BCUT2D eigenvalue weighted by molar-refractivity contribution is 5.98. The van der Waals surface area contributed by atoms with Crippen LogP contribution in [-0.4, -0.2) is 20.0 Å². The number of quaternary nitrogens is 1. The van der Waals surface area contributed by atoms with E-state index in [2.05, 4.69) is 25.5 Å². The molecule has 5 heteroatoms. The van der Waals surface area contributed by atoms with Crippen LogP contribution in [0.25, 0.3) is 11.0 Å². The predicted molar refractivity (Wildman–Crippen MR) is 95.0 cm³/mol. The summed E-state index contributed by atoms with van der Waals surface area (Å²) in [6.07, 6.45) is 0. The van der Waals surface area contributed by atoms with Crippen LogP contribution in [0.5, 0.6) is 0 Å². The van der Waals surface area contributed by atoms with Gasteiger partial charge in [0.2, 0.25) is 0 Å². The van der Waals surface area contributed by atoms with Crippen molar-refractivity contribution in [1.29, 1.82) is 0 Å². The zero-order valence-corrected chi connectivity index (χ0v) is 14.7. The van der Waals surface area contributed by atoms with E-state index in [0.29, 0.717) is 23.1 Å². The normalized spacial score (nSPS) is 11.2. The lowest BCUT2D eigenvalue weighted by atomic mass is 10.1. The second-order valence-corrected chi connectivity index (χ2v) is 6.53. The molecule has 4 nitrogen and oxygen atoms in total. The third kappa shape index (κ3) is 3.72. The summed E-state index contributed by atoms with van der Waals surface area (Å²) >= 11 is 0. The molecule has 0 aliphatic carbocycles. The molecule has 0 radical (unpaired) electrons. The second-order valence-electron chi connectivity index (χ2n) is 6.53. The molecule has 3 aromatic rings. The van der Waals surface area contributed by atoms with Crippen LogP contribution < -0.4 is 10.2 Å². The van der Waals surface area contributed by atoms with E-state index in [1.807, 2.05) is 18.2 Å². The number of furan rings is 1. The summed E-state index contributed by atoms with van der Waals surface area (Å²) in [5, 5.41) is 3.54. The Bertz CT molecular complexity index is 915. The van der Waals surface area contributed by atoms with Gasteiger partial charge in [0.1, 0.15) is 17.9 Å². The van der Waals surface area contributed by atoms with Crippen molar-refractivity contribution in [2.75, 3.05) is 14.1 Å². The lowest BCUT2D eigenvalue weighted by molar-refractivity contribution is -0.872. The van der Waals surface area contributed by atoms with Crippen molar-refractivity contribution >= 4 is 16.9 Å². The highest BCUT2D eigenvalue weighted by Gasteiger charge is 2.18. The van der Waals surface area contributed by atoms with Gasteiger partial charge in [-0.1, -0.05) is 24.3 Å². The Morgan fingerprint density at radius 2 is 1.88 bits per heavy atom. The Morgan fingerprint density at radius 3 is 2.60 bits per heavy atom. The van der Waals surface area contributed by atoms with Crippen molar-refractivity contribution in [3.8, 4) is 0 Å². The van der Waals surface area contributed by atoms with Gasteiger partial charge < -0.3 is 14.6 Å². The lowest BCUT2D eigenvalue weighted by Gasteiger charge is -2.12. The van der Waals surface area contributed by atoms with Crippen molar-refractivity contribution in [3.63, 3.8) is 0 Å². The minimum atomic E-state index is -0.344. The molecule has 0 saturated heterocycles. The molecule has 0 unspecified atom stereocenters. The van der Waals surface area contributed by atoms with Gasteiger partial charge in [0, 0.05) is 23.1 Å². The zero-order chi connectivity index (χ0) is 18.0. The fraction of sp³-hybridized carbons (Fsp3) is 0.250. The molecule has 3 rings (SSSR count). The van der Waals surface area contributed by atoms with Crippen molar-refractivity contribution in [3.05, 3.63) is 70.7 Å². The highest BCUT2D eigenvalue weighted by atomic mass is 19.1. The standard InChI is InChI=1S/C20H21FN2O2/c1-13-17-10-16(21)8-9-18(17)25-19(13)20(24)22-11-14-6-4-5-7-15(14)12-23(2)3/h4-10H,11-12H2,1-3H3,(H,22,24)/p+1. The van der Waals surface area contributed by atoms with E-state index in [0.717, 1.165) is 12.1 Å². The SMILES string of the molecule is Cc1c(C(=O)NCc2ccccc2C[NH+](C)C)oc2ccc(F)cc12. The third-order valence-corrected chi connectivity index (χ3v) is 4.21. The number of hydrogen-bond donors (Lipinski definition) is 2. The summed E-state index contributed by atoms with van der Waals surface area (Å²) in [5.74, 6) is -0.402. The molecule has 0 fully saturated rings. The van der Waals surface area contributed by atoms with E-state index in [-0.39, 0.29) is 17.5 Å². The van der Waals surface area contributed by atoms with Crippen LogP contribution in [0.1, 0.15) is 27.2 Å². The Morgan fingerprint density at radius 1 is 1.16 bits per heavy atom. The number of carbonyl (C=O) groups excluding carboxylic acids is 1. The smallest absolute Gasteiger partial charge is 0.287 e. The molecule has 0 aliphatic heterocycles. The predicted octanol–water partition coefficient (Wildman–Crippen LogP) is 2.45. The second kappa shape index (κ2) is 7.07. The summed E-state index contributed by atoms with van der Waals surface area (Å²) in [6, 6.07) is 12.3. The monoisotopic (exact) mass is 341 g/mol. The molecule has 0 atom stereocenters. The van der Waals surface area contributed by atoms with Gasteiger partial charge in [-0.25, -0.2) is 4.39 Å². The summed E-state index contributed by atoms with van der Waals surface area (Å²) in [4.78, 5) is 13.8. The molecule has 2 N–H and O–H groups in total. The summed E-state index contributed by atoms with van der Waals surface area (Å²) in [7, 11) is 4.18. The maximum Gasteiger partial charge on any atom is 0.287 e. The average Bonchev–Trinajstić information content (AvgIpc) is 2.90. The van der Waals surface area contributed by atoms with Crippen molar-refractivity contribution in [2.45, 2.75) is 20.0 Å². The highest BCUT2D eigenvalue weighted by Crippen LogP contribution is 2.26. The molecule has 1 amide bonds. The van der Waals surface area contributed by atoms with Crippen LogP contribution in [0.2, 0.25) is 0 Å². The average molecular weight is 341 g/mol. The zero-order valence-electron chi connectivity index (χ0n) is 14.7. The topological polar surface area (TPSA) is 46.7 Å². The first-order chi connectivity index (χ1) is 12.0. The van der Waals surface area contributed by atoms with Gasteiger partial charge in [0.25, 0.3) is 5.91 Å². The molecule has 0 saturated carbocycles. The van der Waals surface area contributed by atoms with E-state index in [9.17, 15) is 9.18 Å². The number of benzene rings is 2. The molecule has 0 aliphatic rings. The molecule has 1 heterocycles. The van der Waals surface area contributed by atoms with Gasteiger partial charge in [-0.15, -0.1) is 0 Å². The van der Waals surface area contributed by atoms with Crippen LogP contribution in [-0.2, 0) is 13.1 Å². The van der Waals surface area contributed by atoms with Crippen LogP contribution in [0, 0.1) is 12.7 Å². The van der Waals surface area contributed by atoms with Gasteiger partial charge in [-0.3, -0.25) is 4.79 Å². The Balaban J connectivity index is 1.79. The third-order valence-electron chi connectivity index (χ3n) is 4.21.